The van der Waals surface area contributed by atoms with Gasteiger partial charge in [-0.2, -0.15) is 0 Å². The van der Waals surface area contributed by atoms with Crippen molar-refractivity contribution in [3.63, 3.8) is 0 Å². The second-order valence-corrected chi connectivity index (χ2v) is 5.27. The summed E-state index contributed by atoms with van der Waals surface area (Å²) in [5.74, 6) is -1.01. The maximum absolute atomic E-state index is 12.4. The van der Waals surface area contributed by atoms with E-state index in [0.29, 0.717) is 13.1 Å². The van der Waals surface area contributed by atoms with Crippen molar-refractivity contribution in [1.82, 2.24) is 14.7 Å². The van der Waals surface area contributed by atoms with E-state index in [0.717, 1.165) is 12.8 Å². The van der Waals surface area contributed by atoms with Crippen molar-refractivity contribution in [1.29, 1.82) is 0 Å². The molecule has 0 aromatic carbocycles. The first kappa shape index (κ1) is 17.3. The Morgan fingerprint density at radius 2 is 1.71 bits per heavy atom. The molecule has 0 saturated heterocycles. The second kappa shape index (κ2) is 7.85. The van der Waals surface area contributed by atoms with E-state index >= 15 is 0 Å². The van der Waals surface area contributed by atoms with Gasteiger partial charge in [-0.15, -0.1) is 0 Å². The number of carbonyl (C=O) groups excluding carboxylic acids is 2. The third kappa shape index (κ3) is 5.24. The minimum absolute atomic E-state index is 0.0246. The Labute approximate surface area is 125 Å². The Balaban J connectivity index is 2.57. The molecule has 120 valence electrons. The first-order valence-corrected chi connectivity index (χ1v) is 7.41. The van der Waals surface area contributed by atoms with Crippen LogP contribution >= 0.6 is 0 Å². The molecular formula is C14H25N3O4. The summed E-state index contributed by atoms with van der Waals surface area (Å²) in [6.45, 7) is 5.24. The zero-order valence-corrected chi connectivity index (χ0v) is 13.0. The van der Waals surface area contributed by atoms with Crippen LogP contribution in [-0.2, 0) is 9.59 Å². The summed E-state index contributed by atoms with van der Waals surface area (Å²) in [7, 11) is 1.58. The SMILES string of the molecule is CCN(CC)C(=O)CN(C)C(=O)N(CCC(=O)O)C1CC1. The lowest BCUT2D eigenvalue weighted by atomic mass is 10.3. The molecular weight excluding hydrogens is 274 g/mol. The molecule has 0 aromatic rings. The van der Waals surface area contributed by atoms with Crippen LogP contribution in [0.4, 0.5) is 4.79 Å². The van der Waals surface area contributed by atoms with Gasteiger partial charge in [0.25, 0.3) is 0 Å². The Bertz CT molecular complexity index is 392. The Hall–Kier alpha value is -1.79. The van der Waals surface area contributed by atoms with Crippen LogP contribution in [0.3, 0.4) is 0 Å². The van der Waals surface area contributed by atoms with Crippen molar-refractivity contribution in [3.05, 3.63) is 0 Å². The van der Waals surface area contributed by atoms with Crippen molar-refractivity contribution in [2.24, 2.45) is 0 Å². The average Bonchev–Trinajstić information content (AvgIpc) is 3.24. The molecule has 1 saturated carbocycles. The van der Waals surface area contributed by atoms with Gasteiger partial charge in [0.05, 0.1) is 6.42 Å². The van der Waals surface area contributed by atoms with Crippen LogP contribution in [0.15, 0.2) is 0 Å². The van der Waals surface area contributed by atoms with Gasteiger partial charge in [0.15, 0.2) is 0 Å². The standard InChI is InChI=1S/C14H25N3O4/c1-4-16(5-2)12(18)10-15(3)14(21)17(11-6-7-11)9-8-13(19)20/h11H,4-10H2,1-3H3,(H,19,20). The highest BCUT2D eigenvalue weighted by Crippen LogP contribution is 2.27. The highest BCUT2D eigenvalue weighted by atomic mass is 16.4. The molecule has 1 N–H and O–H groups in total. The van der Waals surface area contributed by atoms with Crippen molar-refractivity contribution >= 4 is 17.9 Å². The topological polar surface area (TPSA) is 81.2 Å². The van der Waals surface area contributed by atoms with Gasteiger partial charge in [-0.1, -0.05) is 0 Å². The van der Waals surface area contributed by atoms with Crippen LogP contribution in [0.2, 0.25) is 0 Å². The Morgan fingerprint density at radius 3 is 2.14 bits per heavy atom. The van der Waals surface area contributed by atoms with E-state index in [9.17, 15) is 14.4 Å². The lowest BCUT2D eigenvalue weighted by Crippen LogP contribution is -2.47. The van der Waals surface area contributed by atoms with Gasteiger partial charge < -0.3 is 19.8 Å². The number of carboxylic acid groups (broad SMARTS) is 1. The van der Waals surface area contributed by atoms with Crippen LogP contribution < -0.4 is 0 Å². The molecule has 0 aliphatic heterocycles. The largest absolute Gasteiger partial charge is 0.481 e. The summed E-state index contributed by atoms with van der Waals surface area (Å²) in [5.41, 5.74) is 0. The lowest BCUT2D eigenvalue weighted by Gasteiger charge is -2.29. The Kier molecular flexibility index (Phi) is 6.45. The second-order valence-electron chi connectivity index (χ2n) is 5.27. The summed E-state index contributed by atoms with van der Waals surface area (Å²) < 4.78 is 0. The Morgan fingerprint density at radius 1 is 1.14 bits per heavy atom. The number of aliphatic carboxylic acids is 1. The molecule has 1 aliphatic rings. The number of amides is 3. The predicted octanol–water partition coefficient (Wildman–Crippen LogP) is 0.846. The van der Waals surface area contributed by atoms with Crippen LogP contribution in [0, 0.1) is 0 Å². The molecule has 0 aromatic heterocycles. The number of likely N-dealkylation sites (N-methyl/N-ethyl adjacent to an activating group) is 2. The molecule has 1 rings (SSSR count). The molecule has 7 heteroatoms. The van der Waals surface area contributed by atoms with E-state index in [1.807, 2.05) is 13.8 Å². The van der Waals surface area contributed by atoms with Gasteiger partial charge >= 0.3 is 12.0 Å². The van der Waals surface area contributed by atoms with Crippen molar-refractivity contribution in [3.8, 4) is 0 Å². The van der Waals surface area contributed by atoms with Gasteiger partial charge in [0, 0.05) is 32.7 Å². The summed E-state index contributed by atoms with van der Waals surface area (Å²) in [4.78, 5) is 39.7. The third-order valence-electron chi connectivity index (χ3n) is 3.62. The van der Waals surface area contributed by atoms with Crippen LogP contribution in [0.25, 0.3) is 0 Å². The molecule has 0 spiro atoms. The normalized spacial score (nSPS) is 13.7. The third-order valence-corrected chi connectivity index (χ3v) is 3.62. The number of carboxylic acids is 1. The maximum atomic E-state index is 12.4. The minimum Gasteiger partial charge on any atom is -0.481 e. The quantitative estimate of drug-likeness (QED) is 0.720. The molecule has 1 fully saturated rings. The summed E-state index contributed by atoms with van der Waals surface area (Å²) in [5, 5.41) is 8.75. The van der Waals surface area contributed by atoms with Gasteiger partial charge in [-0.3, -0.25) is 9.59 Å². The van der Waals surface area contributed by atoms with Crippen LogP contribution in [-0.4, -0.2) is 77.0 Å². The molecule has 0 atom stereocenters. The first-order chi connectivity index (χ1) is 9.90. The lowest BCUT2D eigenvalue weighted by molar-refractivity contribution is -0.137. The average molecular weight is 299 g/mol. The smallest absolute Gasteiger partial charge is 0.320 e. The fourth-order valence-electron chi connectivity index (χ4n) is 2.20. The molecule has 0 heterocycles. The predicted molar refractivity (Wildman–Crippen MR) is 77.9 cm³/mol. The number of urea groups is 1. The number of carbonyl (C=O) groups is 3. The van der Waals surface area contributed by atoms with E-state index < -0.39 is 5.97 Å². The molecule has 0 unspecified atom stereocenters. The zero-order chi connectivity index (χ0) is 16.0. The highest BCUT2D eigenvalue weighted by molar-refractivity contribution is 5.84. The fourth-order valence-corrected chi connectivity index (χ4v) is 2.20. The van der Waals surface area contributed by atoms with E-state index in [2.05, 4.69) is 0 Å². The number of nitrogens with zero attached hydrogens (tertiary/aromatic N) is 3. The monoisotopic (exact) mass is 299 g/mol. The van der Waals surface area contributed by atoms with Crippen molar-refractivity contribution in [2.45, 2.75) is 39.2 Å². The van der Waals surface area contributed by atoms with E-state index in [1.54, 1.807) is 16.8 Å². The number of rotatable bonds is 8. The molecule has 0 bridgehead atoms. The van der Waals surface area contributed by atoms with E-state index in [1.165, 1.54) is 4.90 Å². The molecule has 0 radical (unpaired) electrons. The molecule has 3 amide bonds. The van der Waals surface area contributed by atoms with E-state index in [-0.39, 0.29) is 37.5 Å². The van der Waals surface area contributed by atoms with Gasteiger partial charge in [-0.05, 0) is 26.7 Å². The summed E-state index contributed by atoms with van der Waals surface area (Å²) >= 11 is 0. The van der Waals surface area contributed by atoms with Gasteiger partial charge in [-0.25, -0.2) is 4.79 Å². The minimum atomic E-state index is -0.921. The van der Waals surface area contributed by atoms with Gasteiger partial charge in [0.2, 0.25) is 5.91 Å². The molecule has 1 aliphatic carbocycles. The molecule has 7 nitrogen and oxygen atoms in total. The maximum Gasteiger partial charge on any atom is 0.320 e. The highest BCUT2D eigenvalue weighted by Gasteiger charge is 2.34. The fraction of sp³-hybridized carbons (Fsp3) is 0.786. The van der Waals surface area contributed by atoms with E-state index in [4.69, 9.17) is 5.11 Å². The van der Waals surface area contributed by atoms with Crippen LogP contribution in [0.1, 0.15) is 33.1 Å². The number of hydrogen-bond acceptors (Lipinski definition) is 3. The summed E-state index contributed by atoms with van der Waals surface area (Å²) in [6.07, 6.45) is 1.74. The van der Waals surface area contributed by atoms with Crippen molar-refractivity contribution < 1.29 is 19.5 Å². The van der Waals surface area contributed by atoms with Crippen LogP contribution in [0.5, 0.6) is 0 Å². The first-order valence-electron chi connectivity index (χ1n) is 7.41. The summed E-state index contributed by atoms with van der Waals surface area (Å²) in [6, 6.07) is -0.137. The zero-order valence-electron chi connectivity index (χ0n) is 13.0. The van der Waals surface area contributed by atoms with Crippen molar-refractivity contribution in [2.75, 3.05) is 33.2 Å². The number of hydrogen-bond donors (Lipinski definition) is 1. The van der Waals surface area contributed by atoms with Gasteiger partial charge in [0.1, 0.15) is 6.54 Å². The molecule has 21 heavy (non-hydrogen) atoms.